The molecule has 25 heavy (non-hydrogen) atoms. The number of rotatable bonds is 13. The molecule has 1 rings (SSSR count). The summed E-state index contributed by atoms with van der Waals surface area (Å²) in [7, 11) is -2.98. The second kappa shape index (κ2) is 12.6. The molecule has 0 heterocycles. The van der Waals surface area contributed by atoms with Gasteiger partial charge in [0.05, 0.1) is 18.5 Å². The molecule has 1 N–H and O–H groups in total. The number of hydrogen-bond acceptors (Lipinski definition) is 6. The van der Waals surface area contributed by atoms with Gasteiger partial charge < -0.3 is 9.63 Å². The van der Waals surface area contributed by atoms with Gasteiger partial charge in [-0.15, -0.1) is 0 Å². The zero-order valence-corrected chi connectivity index (χ0v) is 16.5. The molecule has 1 aromatic rings. The minimum absolute atomic E-state index is 0.111. The van der Waals surface area contributed by atoms with Crippen molar-refractivity contribution in [2.75, 3.05) is 26.9 Å². The number of hydrogen-bond donors (Lipinski definition) is 1. The molecule has 1 unspecified atom stereocenters. The molecule has 0 amide bonds. The highest BCUT2D eigenvalue weighted by Crippen LogP contribution is 2.42. The molecule has 2 atom stereocenters. The van der Waals surface area contributed by atoms with Gasteiger partial charge in [0, 0.05) is 19.3 Å². The van der Waals surface area contributed by atoms with Crippen molar-refractivity contribution in [2.24, 2.45) is 0 Å². The SMILES string of the molecule is CCCCCCOC[C@H](COP(=O)(O)OC)SC(=O)c1ccccc1. The normalized spacial score (nSPS) is 14.8. The first-order valence-corrected chi connectivity index (χ1v) is 10.7. The van der Waals surface area contributed by atoms with Crippen molar-refractivity contribution in [1.82, 2.24) is 0 Å². The maximum Gasteiger partial charge on any atom is 0.471 e. The van der Waals surface area contributed by atoms with Gasteiger partial charge in [0.15, 0.2) is 0 Å². The predicted molar refractivity (Wildman–Crippen MR) is 99.9 cm³/mol. The van der Waals surface area contributed by atoms with Crippen LogP contribution < -0.4 is 0 Å². The second-order valence-electron chi connectivity index (χ2n) is 5.48. The van der Waals surface area contributed by atoms with Crippen LogP contribution in [0.3, 0.4) is 0 Å². The van der Waals surface area contributed by atoms with Crippen LogP contribution in [0.25, 0.3) is 0 Å². The highest BCUT2D eigenvalue weighted by Gasteiger charge is 2.24. The van der Waals surface area contributed by atoms with Crippen LogP contribution in [-0.2, 0) is 18.3 Å². The van der Waals surface area contributed by atoms with E-state index in [4.69, 9.17) is 9.26 Å². The van der Waals surface area contributed by atoms with Crippen LogP contribution in [0.4, 0.5) is 0 Å². The van der Waals surface area contributed by atoms with E-state index in [9.17, 15) is 14.3 Å². The van der Waals surface area contributed by atoms with Crippen molar-refractivity contribution in [3.05, 3.63) is 35.9 Å². The third-order valence-corrected chi connectivity index (χ3v) is 5.38. The Morgan fingerprint density at radius 2 is 1.92 bits per heavy atom. The Hall–Kier alpha value is -0.690. The molecule has 0 aliphatic heterocycles. The maximum atomic E-state index is 12.3. The number of carbonyl (C=O) groups is 1. The summed E-state index contributed by atoms with van der Waals surface area (Å²) in [5, 5.41) is -0.525. The Morgan fingerprint density at radius 3 is 2.56 bits per heavy atom. The minimum Gasteiger partial charge on any atom is -0.380 e. The van der Waals surface area contributed by atoms with Gasteiger partial charge in [-0.1, -0.05) is 68.3 Å². The van der Waals surface area contributed by atoms with Crippen LogP contribution in [0.15, 0.2) is 30.3 Å². The first-order chi connectivity index (χ1) is 12.0. The molecular formula is C17H27O6PS. The van der Waals surface area contributed by atoms with Crippen LogP contribution >= 0.6 is 19.6 Å². The van der Waals surface area contributed by atoms with Crippen molar-refractivity contribution in [1.29, 1.82) is 0 Å². The predicted octanol–water partition coefficient (Wildman–Crippen LogP) is 4.29. The molecule has 0 saturated heterocycles. The summed E-state index contributed by atoms with van der Waals surface area (Å²) in [6.07, 6.45) is 4.37. The van der Waals surface area contributed by atoms with Crippen molar-refractivity contribution >= 4 is 24.7 Å². The van der Waals surface area contributed by atoms with Gasteiger partial charge in [-0.2, -0.15) is 0 Å². The van der Waals surface area contributed by atoms with Gasteiger partial charge in [0.1, 0.15) is 0 Å². The fourth-order valence-corrected chi connectivity index (χ4v) is 3.44. The van der Waals surface area contributed by atoms with E-state index in [-0.39, 0.29) is 18.3 Å². The summed E-state index contributed by atoms with van der Waals surface area (Å²) in [6.45, 7) is 2.89. The highest BCUT2D eigenvalue weighted by molar-refractivity contribution is 8.14. The Labute approximate surface area is 153 Å². The largest absolute Gasteiger partial charge is 0.471 e. The van der Waals surface area contributed by atoms with Gasteiger partial charge in [0.2, 0.25) is 5.12 Å². The van der Waals surface area contributed by atoms with Gasteiger partial charge >= 0.3 is 7.82 Å². The van der Waals surface area contributed by atoms with Crippen LogP contribution in [-0.4, -0.2) is 42.2 Å². The fourth-order valence-electron chi connectivity index (χ4n) is 1.99. The number of benzene rings is 1. The van der Waals surface area contributed by atoms with Gasteiger partial charge in [-0.3, -0.25) is 13.8 Å². The molecule has 1 aromatic carbocycles. The number of ether oxygens (including phenoxy) is 1. The van der Waals surface area contributed by atoms with Crippen molar-refractivity contribution < 1.29 is 28.0 Å². The summed E-state index contributed by atoms with van der Waals surface area (Å²) in [5.74, 6) is 0. The van der Waals surface area contributed by atoms with Crippen molar-refractivity contribution in [2.45, 2.75) is 37.9 Å². The summed E-state index contributed by atoms with van der Waals surface area (Å²) in [5.41, 5.74) is 0.569. The lowest BCUT2D eigenvalue weighted by atomic mass is 10.2. The van der Waals surface area contributed by atoms with Gasteiger partial charge in [-0.05, 0) is 6.42 Å². The van der Waals surface area contributed by atoms with Crippen LogP contribution in [0.2, 0.25) is 0 Å². The van der Waals surface area contributed by atoms with Crippen LogP contribution in [0.5, 0.6) is 0 Å². The lowest BCUT2D eigenvalue weighted by Crippen LogP contribution is -2.21. The Morgan fingerprint density at radius 1 is 1.20 bits per heavy atom. The summed E-state index contributed by atoms with van der Waals surface area (Å²) in [6, 6.07) is 8.87. The molecule has 0 saturated carbocycles. The number of thioether (sulfide) groups is 1. The molecule has 0 spiro atoms. The Bertz CT molecular complexity index is 539. The molecule has 0 aliphatic carbocycles. The standard InChI is InChI=1S/C17H27O6PS/c1-3-4-5-9-12-22-13-16(14-23-24(19,20)21-2)25-17(18)15-10-7-6-8-11-15/h6-8,10-11,16H,3-5,9,12-14H2,1-2H3,(H,19,20)/t16-/m1/s1. The minimum atomic E-state index is -4.08. The molecule has 0 radical (unpaired) electrons. The average Bonchev–Trinajstić information content (AvgIpc) is 2.63. The lowest BCUT2D eigenvalue weighted by molar-refractivity contribution is 0.104. The third kappa shape index (κ3) is 10.1. The molecule has 0 bridgehead atoms. The fraction of sp³-hybridized carbons (Fsp3) is 0.588. The molecule has 6 nitrogen and oxygen atoms in total. The zero-order chi connectivity index (χ0) is 18.5. The first kappa shape index (κ1) is 22.4. The zero-order valence-electron chi connectivity index (χ0n) is 14.8. The van der Waals surface area contributed by atoms with E-state index in [1.165, 1.54) is 6.42 Å². The molecule has 8 heteroatoms. The topological polar surface area (TPSA) is 82.1 Å². The van der Waals surface area contributed by atoms with E-state index >= 15 is 0 Å². The van der Waals surface area contributed by atoms with Crippen LogP contribution in [0, 0.1) is 0 Å². The van der Waals surface area contributed by atoms with E-state index < -0.39 is 13.1 Å². The van der Waals surface area contributed by atoms with Crippen molar-refractivity contribution in [3.63, 3.8) is 0 Å². The molecule has 142 valence electrons. The van der Waals surface area contributed by atoms with Crippen molar-refractivity contribution in [3.8, 4) is 0 Å². The summed E-state index contributed by atoms with van der Waals surface area (Å²) < 4.78 is 26.4. The van der Waals surface area contributed by atoms with Crippen LogP contribution in [0.1, 0.15) is 43.0 Å². The smallest absolute Gasteiger partial charge is 0.380 e. The first-order valence-electron chi connectivity index (χ1n) is 8.35. The van der Waals surface area contributed by atoms with E-state index in [2.05, 4.69) is 11.4 Å². The second-order valence-corrected chi connectivity index (χ2v) is 8.31. The third-order valence-electron chi connectivity index (χ3n) is 3.38. The van der Waals surface area contributed by atoms with Gasteiger partial charge in [-0.25, -0.2) is 4.57 Å². The van der Waals surface area contributed by atoms with E-state index in [1.54, 1.807) is 24.3 Å². The highest BCUT2D eigenvalue weighted by atomic mass is 32.2. The molecular weight excluding hydrogens is 363 g/mol. The molecule has 0 aliphatic rings. The van der Waals surface area contributed by atoms with E-state index in [0.29, 0.717) is 12.2 Å². The maximum absolute atomic E-state index is 12.3. The summed E-state index contributed by atoms with van der Waals surface area (Å²) in [4.78, 5) is 21.7. The van der Waals surface area contributed by atoms with E-state index in [1.807, 2.05) is 6.07 Å². The molecule has 0 aromatic heterocycles. The number of phosphoric ester groups is 1. The molecule has 0 fully saturated rings. The summed E-state index contributed by atoms with van der Waals surface area (Å²) >= 11 is 1.04. The number of carbonyl (C=O) groups excluding carboxylic acids is 1. The number of unbranched alkanes of at least 4 members (excludes halogenated alkanes) is 3. The van der Waals surface area contributed by atoms with E-state index in [0.717, 1.165) is 38.1 Å². The average molecular weight is 390 g/mol. The monoisotopic (exact) mass is 390 g/mol. The quantitative estimate of drug-likeness (QED) is 0.397. The Balaban J connectivity index is 2.51. The van der Waals surface area contributed by atoms with Gasteiger partial charge in [0.25, 0.3) is 0 Å². The lowest BCUT2D eigenvalue weighted by Gasteiger charge is -2.17. The Kier molecular flexibility index (Phi) is 11.3. The number of phosphoric acid groups is 1.